The Morgan fingerprint density at radius 2 is 1.85 bits per heavy atom. The minimum atomic E-state index is -0.266. The van der Waals surface area contributed by atoms with Crippen molar-refractivity contribution < 1.29 is 13.9 Å². The monoisotopic (exact) mass is 478 g/mol. The Bertz CT molecular complexity index is 1220. The van der Waals surface area contributed by atoms with E-state index in [4.69, 9.17) is 4.74 Å². The number of carbonyl (C=O) groups excluding carboxylic acids is 1. The second-order valence-corrected chi connectivity index (χ2v) is 8.84. The fourth-order valence-electron chi connectivity index (χ4n) is 3.56. The highest BCUT2D eigenvalue weighted by Gasteiger charge is 2.13. The van der Waals surface area contributed by atoms with Crippen molar-refractivity contribution in [1.82, 2.24) is 20.1 Å². The first-order valence-corrected chi connectivity index (χ1v) is 12.1. The molecule has 1 N–H and O–H groups in total. The third kappa shape index (κ3) is 6.08. The van der Waals surface area contributed by atoms with Crippen molar-refractivity contribution in [2.24, 2.45) is 0 Å². The van der Waals surface area contributed by atoms with Gasteiger partial charge in [0.15, 0.2) is 0 Å². The molecule has 0 saturated carbocycles. The molecule has 0 unspecified atom stereocenters. The molecule has 4 aromatic rings. The van der Waals surface area contributed by atoms with Gasteiger partial charge in [-0.25, -0.2) is 9.37 Å². The third-order valence-corrected chi connectivity index (χ3v) is 6.37. The zero-order valence-electron chi connectivity index (χ0n) is 19.3. The Morgan fingerprint density at radius 1 is 1.12 bits per heavy atom. The van der Waals surface area contributed by atoms with Crippen molar-refractivity contribution in [1.29, 1.82) is 0 Å². The fraction of sp³-hybridized carbons (Fsp3) is 0.269. The molecule has 0 aliphatic heterocycles. The number of aromatic amines is 1. The number of hydrogen-bond acceptors (Lipinski definition) is 5. The number of halogens is 1. The highest BCUT2D eigenvalue weighted by molar-refractivity contribution is 7.13. The van der Waals surface area contributed by atoms with E-state index in [1.165, 1.54) is 23.5 Å². The number of aryl methyl sites for hydroxylation is 1. The number of aromatic nitrogens is 3. The van der Waals surface area contributed by atoms with Crippen LogP contribution in [-0.2, 0) is 17.6 Å². The molecule has 2 heterocycles. The first-order chi connectivity index (χ1) is 16.5. The van der Waals surface area contributed by atoms with Crippen molar-refractivity contribution in [2.75, 3.05) is 20.2 Å². The fourth-order valence-corrected chi connectivity index (χ4v) is 4.39. The summed E-state index contributed by atoms with van der Waals surface area (Å²) in [6.07, 6.45) is 1.86. The Hall–Kier alpha value is -3.52. The van der Waals surface area contributed by atoms with Gasteiger partial charge in [-0.05, 0) is 74.4 Å². The normalized spacial score (nSPS) is 10.9. The molecule has 4 rings (SSSR count). The summed E-state index contributed by atoms with van der Waals surface area (Å²) < 4.78 is 18.6. The summed E-state index contributed by atoms with van der Waals surface area (Å²) in [6.45, 7) is 3.23. The van der Waals surface area contributed by atoms with E-state index in [-0.39, 0.29) is 18.1 Å². The smallest absolute Gasteiger partial charge is 0.228 e. The van der Waals surface area contributed by atoms with Crippen molar-refractivity contribution in [3.05, 3.63) is 77.2 Å². The van der Waals surface area contributed by atoms with Gasteiger partial charge in [-0.2, -0.15) is 5.10 Å². The lowest BCUT2D eigenvalue weighted by molar-refractivity contribution is -0.129. The third-order valence-electron chi connectivity index (χ3n) is 5.43. The summed E-state index contributed by atoms with van der Waals surface area (Å²) in [4.78, 5) is 19.0. The van der Waals surface area contributed by atoms with Crippen molar-refractivity contribution >= 4 is 17.2 Å². The molecule has 1 amide bonds. The van der Waals surface area contributed by atoms with Gasteiger partial charge in [-0.15, -0.1) is 11.3 Å². The predicted octanol–water partition coefficient (Wildman–Crippen LogP) is 5.37. The molecule has 0 aliphatic rings. The maximum absolute atomic E-state index is 13.1. The van der Waals surface area contributed by atoms with Crippen LogP contribution in [0.5, 0.6) is 5.75 Å². The topological polar surface area (TPSA) is 71.1 Å². The van der Waals surface area contributed by atoms with Crippen LogP contribution in [0.4, 0.5) is 4.39 Å². The molecule has 2 aromatic carbocycles. The number of nitrogens with one attached hydrogen (secondary N) is 1. The van der Waals surface area contributed by atoms with Crippen molar-refractivity contribution in [3.63, 3.8) is 0 Å². The molecule has 0 saturated heterocycles. The first-order valence-electron chi connectivity index (χ1n) is 11.2. The zero-order chi connectivity index (χ0) is 23.9. The lowest BCUT2D eigenvalue weighted by atomic mass is 10.1. The number of benzene rings is 2. The van der Waals surface area contributed by atoms with Crippen LogP contribution in [0.3, 0.4) is 0 Å². The van der Waals surface area contributed by atoms with Gasteiger partial charge in [0, 0.05) is 35.8 Å². The predicted molar refractivity (Wildman–Crippen MR) is 132 cm³/mol. The number of rotatable bonds is 10. The van der Waals surface area contributed by atoms with Gasteiger partial charge in [0.25, 0.3) is 0 Å². The van der Waals surface area contributed by atoms with Gasteiger partial charge >= 0.3 is 0 Å². The van der Waals surface area contributed by atoms with Crippen molar-refractivity contribution in [2.45, 2.75) is 26.2 Å². The van der Waals surface area contributed by atoms with E-state index >= 15 is 0 Å². The molecule has 0 spiro atoms. The number of hydrogen-bond donors (Lipinski definition) is 1. The zero-order valence-corrected chi connectivity index (χ0v) is 20.1. The van der Waals surface area contributed by atoms with Gasteiger partial charge < -0.3 is 9.64 Å². The quantitative estimate of drug-likeness (QED) is 0.333. The van der Waals surface area contributed by atoms with E-state index in [0.29, 0.717) is 13.2 Å². The molecule has 0 radical (unpaired) electrons. The van der Waals surface area contributed by atoms with Gasteiger partial charge in [-0.3, -0.25) is 9.89 Å². The number of nitrogens with zero attached hydrogens (tertiary/aromatic N) is 3. The highest BCUT2D eigenvalue weighted by atomic mass is 32.1. The van der Waals surface area contributed by atoms with Gasteiger partial charge in [-0.1, -0.05) is 0 Å². The summed E-state index contributed by atoms with van der Waals surface area (Å²) in [5.41, 5.74) is 4.43. The largest absolute Gasteiger partial charge is 0.494 e. The van der Waals surface area contributed by atoms with Crippen LogP contribution in [0.15, 0.2) is 60.0 Å². The van der Waals surface area contributed by atoms with Crippen LogP contribution < -0.4 is 4.74 Å². The summed E-state index contributed by atoms with van der Waals surface area (Å²) in [7, 11) is 1.82. The van der Waals surface area contributed by atoms with E-state index in [9.17, 15) is 9.18 Å². The summed E-state index contributed by atoms with van der Waals surface area (Å²) in [5, 5.41) is 10.2. The molecule has 0 atom stereocenters. The maximum Gasteiger partial charge on any atom is 0.228 e. The van der Waals surface area contributed by atoms with E-state index in [2.05, 4.69) is 15.2 Å². The standard InChI is InChI=1S/C26H27FN4O2S/c1-3-33-23-12-8-19(9-13-23)26-28-22(17-34-26)16-25(32)31(2)14-4-5-21-15-24(30-29-21)18-6-10-20(27)11-7-18/h6-13,15,17H,3-5,14,16H2,1-2H3,(H,29,30). The molecule has 34 heavy (non-hydrogen) atoms. The van der Waals surface area contributed by atoms with Gasteiger partial charge in [0.05, 0.1) is 24.4 Å². The van der Waals surface area contributed by atoms with Crippen LogP contribution in [0, 0.1) is 5.82 Å². The van der Waals surface area contributed by atoms with Gasteiger partial charge in [0.2, 0.25) is 5.91 Å². The number of thiazole rings is 1. The Kier molecular flexibility index (Phi) is 7.69. The van der Waals surface area contributed by atoms with Gasteiger partial charge in [0.1, 0.15) is 16.6 Å². The SMILES string of the molecule is CCOc1ccc(-c2nc(CC(=O)N(C)CCCc3cc(-c4ccc(F)cc4)n[nH]3)cs2)cc1. The molecular formula is C26H27FN4O2S. The molecule has 8 heteroatoms. The number of ether oxygens (including phenoxy) is 1. The number of amides is 1. The average molecular weight is 479 g/mol. The lowest BCUT2D eigenvalue weighted by Gasteiger charge is -2.16. The minimum Gasteiger partial charge on any atom is -0.494 e. The van der Waals surface area contributed by atoms with E-state index in [0.717, 1.165) is 51.8 Å². The van der Waals surface area contributed by atoms with Crippen LogP contribution in [0.2, 0.25) is 0 Å². The Labute approximate surface area is 202 Å². The second-order valence-electron chi connectivity index (χ2n) is 7.98. The average Bonchev–Trinajstić information content (AvgIpc) is 3.50. The highest BCUT2D eigenvalue weighted by Crippen LogP contribution is 2.26. The minimum absolute atomic E-state index is 0.0418. The van der Waals surface area contributed by atoms with E-state index in [1.807, 2.05) is 49.7 Å². The lowest BCUT2D eigenvalue weighted by Crippen LogP contribution is -2.29. The van der Waals surface area contributed by atoms with Crippen LogP contribution in [0.25, 0.3) is 21.8 Å². The Balaban J connectivity index is 1.25. The molecule has 0 aliphatic carbocycles. The second kappa shape index (κ2) is 11.1. The van der Waals surface area contributed by atoms with Crippen LogP contribution in [0.1, 0.15) is 24.7 Å². The summed E-state index contributed by atoms with van der Waals surface area (Å²) in [6, 6.07) is 16.1. The van der Waals surface area contributed by atoms with Crippen LogP contribution >= 0.6 is 11.3 Å². The summed E-state index contributed by atoms with van der Waals surface area (Å²) in [5.74, 6) is 0.610. The van der Waals surface area contributed by atoms with Crippen molar-refractivity contribution in [3.8, 4) is 27.6 Å². The first kappa shape index (κ1) is 23.6. The maximum atomic E-state index is 13.1. The molecule has 6 nitrogen and oxygen atoms in total. The summed E-state index contributed by atoms with van der Waals surface area (Å²) >= 11 is 1.54. The number of H-pyrrole nitrogens is 1. The van der Waals surface area contributed by atoms with E-state index < -0.39 is 0 Å². The number of likely N-dealkylation sites (N-methyl/N-ethyl adjacent to an activating group) is 1. The molecule has 0 fully saturated rings. The molecule has 176 valence electrons. The van der Waals surface area contributed by atoms with E-state index in [1.54, 1.807) is 17.0 Å². The molecular weight excluding hydrogens is 451 g/mol. The van der Waals surface area contributed by atoms with Crippen LogP contribution in [-0.4, -0.2) is 46.2 Å². The molecule has 0 bridgehead atoms. The Morgan fingerprint density at radius 3 is 2.59 bits per heavy atom. The number of carbonyl (C=O) groups is 1. The molecule has 2 aromatic heterocycles.